The lowest BCUT2D eigenvalue weighted by Crippen LogP contribution is -2.30. The topological polar surface area (TPSA) is 76.1 Å². The van der Waals surface area contributed by atoms with Crippen molar-refractivity contribution in [3.8, 4) is 11.5 Å². The molecule has 1 saturated heterocycles. The predicted molar refractivity (Wildman–Crippen MR) is 106 cm³/mol. The molecule has 0 spiro atoms. The Labute approximate surface area is 162 Å². The molecule has 1 amide bonds. The maximum absolute atomic E-state index is 12.5. The predicted octanol–water partition coefficient (Wildman–Crippen LogP) is 3.55. The summed E-state index contributed by atoms with van der Waals surface area (Å²) in [4.78, 5) is 25.0. The quantitative estimate of drug-likeness (QED) is 0.506. The number of carboxylic acids is 1. The van der Waals surface area contributed by atoms with E-state index in [1.165, 1.54) is 16.7 Å². The first kappa shape index (κ1) is 20.3. The average molecular weight is 396 g/mol. The van der Waals surface area contributed by atoms with Gasteiger partial charge in [-0.25, -0.2) is 0 Å². The minimum atomic E-state index is -0.966. The van der Waals surface area contributed by atoms with Crippen molar-refractivity contribution in [1.82, 2.24) is 4.90 Å². The first-order valence-electron chi connectivity index (χ1n) is 8.33. The van der Waals surface area contributed by atoms with Crippen molar-refractivity contribution >= 4 is 46.3 Å². The average Bonchev–Trinajstić information content (AvgIpc) is 2.86. The fraction of sp³-hybridized carbons (Fsp3) is 0.389. The number of rotatable bonds is 9. The number of carbonyl (C=O) groups excluding carboxylic acids is 1. The first-order valence-corrected chi connectivity index (χ1v) is 9.55. The molecule has 0 aliphatic carbocycles. The summed E-state index contributed by atoms with van der Waals surface area (Å²) in [5.74, 6) is 0.0495. The van der Waals surface area contributed by atoms with Crippen LogP contribution in [0.25, 0.3) is 6.08 Å². The Morgan fingerprint density at radius 1 is 1.31 bits per heavy atom. The summed E-state index contributed by atoms with van der Waals surface area (Å²) in [5, 5.41) is 8.79. The molecule has 0 bridgehead atoms. The molecule has 1 fully saturated rings. The van der Waals surface area contributed by atoms with E-state index in [0.717, 1.165) is 12.0 Å². The van der Waals surface area contributed by atoms with Crippen LogP contribution in [0.4, 0.5) is 0 Å². The molecular formula is C18H21NO5S2. The number of ether oxygens (including phenoxy) is 2. The molecule has 0 saturated carbocycles. The van der Waals surface area contributed by atoms with E-state index in [1.54, 1.807) is 6.08 Å². The summed E-state index contributed by atoms with van der Waals surface area (Å²) in [6.07, 6.45) is 2.48. The molecule has 1 aliphatic rings. The summed E-state index contributed by atoms with van der Waals surface area (Å²) in [7, 11) is 0. The van der Waals surface area contributed by atoms with Gasteiger partial charge in [-0.15, -0.1) is 0 Å². The number of aliphatic carboxylic acids is 1. The summed E-state index contributed by atoms with van der Waals surface area (Å²) >= 11 is 6.36. The van der Waals surface area contributed by atoms with Crippen LogP contribution < -0.4 is 9.47 Å². The fourth-order valence-corrected chi connectivity index (χ4v) is 3.57. The van der Waals surface area contributed by atoms with E-state index in [0.29, 0.717) is 33.9 Å². The first-order chi connectivity index (χ1) is 12.5. The number of thiocarbonyl (C=S) groups is 1. The summed E-state index contributed by atoms with van der Waals surface area (Å²) in [6.45, 7) is 5.10. The van der Waals surface area contributed by atoms with Gasteiger partial charge in [0.25, 0.3) is 5.91 Å². The van der Waals surface area contributed by atoms with Gasteiger partial charge in [-0.1, -0.05) is 37.0 Å². The Bertz CT molecular complexity index is 732. The van der Waals surface area contributed by atoms with Gasteiger partial charge >= 0.3 is 5.97 Å². The molecule has 0 aromatic heterocycles. The van der Waals surface area contributed by atoms with E-state index in [4.69, 9.17) is 26.8 Å². The largest absolute Gasteiger partial charge is 0.490 e. The van der Waals surface area contributed by atoms with Gasteiger partial charge in [0, 0.05) is 6.54 Å². The van der Waals surface area contributed by atoms with Gasteiger partial charge in [0.15, 0.2) is 11.5 Å². The SMILES string of the molecule is CCCOc1ccc(C=C2SC(=S)N(CCC(=O)O)C2=O)cc1OCC. The Kier molecular flexibility index (Phi) is 7.47. The van der Waals surface area contributed by atoms with Crippen molar-refractivity contribution in [1.29, 1.82) is 0 Å². The van der Waals surface area contributed by atoms with Crippen molar-refractivity contribution < 1.29 is 24.2 Å². The third-order valence-electron chi connectivity index (χ3n) is 3.45. The van der Waals surface area contributed by atoms with E-state index in [1.807, 2.05) is 32.0 Å². The van der Waals surface area contributed by atoms with E-state index in [9.17, 15) is 9.59 Å². The second-order valence-corrected chi connectivity index (χ2v) is 7.14. The Morgan fingerprint density at radius 3 is 2.73 bits per heavy atom. The third-order valence-corrected chi connectivity index (χ3v) is 4.83. The van der Waals surface area contributed by atoms with Crippen LogP contribution in [0.2, 0.25) is 0 Å². The smallest absolute Gasteiger partial charge is 0.305 e. The van der Waals surface area contributed by atoms with Crippen LogP contribution in [0, 0.1) is 0 Å². The summed E-state index contributed by atoms with van der Waals surface area (Å²) < 4.78 is 11.7. The van der Waals surface area contributed by atoms with E-state index in [-0.39, 0.29) is 18.9 Å². The number of nitrogens with zero attached hydrogens (tertiary/aromatic N) is 1. The Hall–Kier alpha value is -2.06. The van der Waals surface area contributed by atoms with Crippen molar-refractivity contribution in [2.24, 2.45) is 0 Å². The number of carboxylic acid groups (broad SMARTS) is 1. The number of hydrogen-bond acceptors (Lipinski definition) is 6. The number of thioether (sulfide) groups is 1. The van der Waals surface area contributed by atoms with Gasteiger partial charge in [-0.3, -0.25) is 14.5 Å². The molecule has 1 aromatic carbocycles. The van der Waals surface area contributed by atoms with E-state index < -0.39 is 5.97 Å². The lowest BCUT2D eigenvalue weighted by atomic mass is 10.2. The van der Waals surface area contributed by atoms with Gasteiger partial charge < -0.3 is 14.6 Å². The molecule has 0 atom stereocenters. The normalized spacial score (nSPS) is 15.6. The lowest BCUT2D eigenvalue weighted by Gasteiger charge is -2.12. The van der Waals surface area contributed by atoms with E-state index >= 15 is 0 Å². The van der Waals surface area contributed by atoms with Gasteiger partial charge in [-0.05, 0) is 37.1 Å². The van der Waals surface area contributed by atoms with Gasteiger partial charge in [0.05, 0.1) is 24.5 Å². The van der Waals surface area contributed by atoms with Crippen molar-refractivity contribution in [3.63, 3.8) is 0 Å². The van der Waals surface area contributed by atoms with Crippen LogP contribution in [0.15, 0.2) is 23.1 Å². The summed E-state index contributed by atoms with van der Waals surface area (Å²) in [6, 6.07) is 5.48. The Morgan fingerprint density at radius 2 is 2.08 bits per heavy atom. The molecule has 0 radical (unpaired) electrons. The fourth-order valence-electron chi connectivity index (χ4n) is 2.27. The van der Waals surface area contributed by atoms with Gasteiger partial charge in [0.2, 0.25) is 0 Å². The highest BCUT2D eigenvalue weighted by molar-refractivity contribution is 8.26. The molecule has 2 rings (SSSR count). The van der Waals surface area contributed by atoms with Crippen LogP contribution >= 0.6 is 24.0 Å². The minimum absolute atomic E-state index is 0.0747. The standard InChI is InChI=1S/C18H21NO5S2/c1-3-9-24-13-6-5-12(10-14(13)23-4-2)11-15-17(22)19(18(25)26-15)8-7-16(20)21/h5-6,10-11H,3-4,7-9H2,1-2H3,(H,20,21). The van der Waals surface area contributed by atoms with Crippen LogP contribution in [0.3, 0.4) is 0 Å². The minimum Gasteiger partial charge on any atom is -0.490 e. The highest BCUT2D eigenvalue weighted by Gasteiger charge is 2.32. The molecule has 0 unspecified atom stereocenters. The number of carbonyl (C=O) groups is 2. The monoisotopic (exact) mass is 395 g/mol. The molecule has 8 heteroatoms. The van der Waals surface area contributed by atoms with Crippen LogP contribution in [-0.2, 0) is 9.59 Å². The molecule has 6 nitrogen and oxygen atoms in total. The zero-order valence-corrected chi connectivity index (χ0v) is 16.3. The molecule has 26 heavy (non-hydrogen) atoms. The number of hydrogen-bond donors (Lipinski definition) is 1. The highest BCUT2D eigenvalue weighted by Crippen LogP contribution is 2.35. The summed E-state index contributed by atoms with van der Waals surface area (Å²) in [5.41, 5.74) is 0.788. The molecule has 1 aliphatic heterocycles. The molecule has 1 heterocycles. The van der Waals surface area contributed by atoms with Gasteiger partial charge in [-0.2, -0.15) is 0 Å². The van der Waals surface area contributed by atoms with Crippen LogP contribution in [0.1, 0.15) is 32.3 Å². The highest BCUT2D eigenvalue weighted by atomic mass is 32.2. The second kappa shape index (κ2) is 9.59. The zero-order valence-electron chi connectivity index (χ0n) is 14.7. The van der Waals surface area contributed by atoms with Crippen LogP contribution in [-0.4, -0.2) is 46.0 Å². The molecule has 1 aromatic rings. The number of amides is 1. The molecule has 1 N–H and O–H groups in total. The maximum atomic E-state index is 12.5. The second-order valence-electron chi connectivity index (χ2n) is 5.46. The number of benzene rings is 1. The van der Waals surface area contributed by atoms with Crippen LogP contribution in [0.5, 0.6) is 11.5 Å². The molecular weight excluding hydrogens is 374 g/mol. The molecule has 140 valence electrons. The van der Waals surface area contributed by atoms with E-state index in [2.05, 4.69) is 0 Å². The Balaban J connectivity index is 2.20. The van der Waals surface area contributed by atoms with Gasteiger partial charge in [0.1, 0.15) is 4.32 Å². The van der Waals surface area contributed by atoms with Crippen molar-refractivity contribution in [2.45, 2.75) is 26.7 Å². The zero-order chi connectivity index (χ0) is 19.1. The van der Waals surface area contributed by atoms with Crippen molar-refractivity contribution in [3.05, 3.63) is 28.7 Å². The third kappa shape index (κ3) is 5.22. The lowest BCUT2D eigenvalue weighted by molar-refractivity contribution is -0.137. The maximum Gasteiger partial charge on any atom is 0.305 e. The van der Waals surface area contributed by atoms with Crippen molar-refractivity contribution in [2.75, 3.05) is 19.8 Å².